The SMILES string of the molecule is C=CC(OC(F)(F)Br)c1ccccc1. The van der Waals surface area contributed by atoms with Crippen LogP contribution in [0.1, 0.15) is 11.7 Å². The molecule has 1 rings (SSSR count). The fourth-order valence-electron chi connectivity index (χ4n) is 1.04. The highest BCUT2D eigenvalue weighted by Gasteiger charge is 2.29. The van der Waals surface area contributed by atoms with Crippen molar-refractivity contribution in [2.45, 2.75) is 11.1 Å². The van der Waals surface area contributed by atoms with Crippen molar-refractivity contribution in [2.24, 2.45) is 0 Å². The number of hydrogen-bond donors (Lipinski definition) is 0. The molecule has 0 aliphatic carbocycles. The molecule has 1 nitrogen and oxygen atoms in total. The Morgan fingerprint density at radius 2 is 1.93 bits per heavy atom. The van der Waals surface area contributed by atoms with E-state index in [1.165, 1.54) is 6.08 Å². The second-order valence-corrected chi connectivity index (χ2v) is 3.55. The summed E-state index contributed by atoms with van der Waals surface area (Å²) in [7, 11) is 0. The highest BCUT2D eigenvalue weighted by Crippen LogP contribution is 2.31. The van der Waals surface area contributed by atoms with Gasteiger partial charge in [0.1, 0.15) is 6.10 Å². The van der Waals surface area contributed by atoms with E-state index < -0.39 is 11.1 Å². The first kappa shape index (κ1) is 11.3. The Bertz CT molecular complexity index is 295. The van der Waals surface area contributed by atoms with Gasteiger partial charge in [-0.3, -0.25) is 4.74 Å². The lowest BCUT2D eigenvalue weighted by atomic mass is 10.1. The standard InChI is InChI=1S/C10H9BrF2O/c1-2-9(14-10(11,12)13)8-6-4-3-5-7-8/h2-7,9H,1H2. The summed E-state index contributed by atoms with van der Waals surface area (Å²) in [6, 6.07) is 8.70. The minimum atomic E-state index is -3.33. The number of halogens is 3. The maximum absolute atomic E-state index is 12.5. The van der Waals surface area contributed by atoms with E-state index in [0.29, 0.717) is 5.56 Å². The molecule has 0 heterocycles. The second-order valence-electron chi connectivity index (χ2n) is 2.63. The lowest BCUT2D eigenvalue weighted by Gasteiger charge is -2.17. The summed E-state index contributed by atoms with van der Waals surface area (Å²) in [6.45, 7) is 3.44. The molecule has 0 saturated carbocycles. The summed E-state index contributed by atoms with van der Waals surface area (Å²) >= 11 is 2.11. The number of benzene rings is 1. The maximum Gasteiger partial charge on any atom is 0.415 e. The van der Waals surface area contributed by atoms with E-state index in [9.17, 15) is 8.78 Å². The molecule has 4 heteroatoms. The van der Waals surface area contributed by atoms with Crippen molar-refractivity contribution in [1.82, 2.24) is 0 Å². The van der Waals surface area contributed by atoms with Crippen molar-refractivity contribution < 1.29 is 13.5 Å². The molecule has 0 aliphatic heterocycles. The van der Waals surface area contributed by atoms with Crippen molar-refractivity contribution in [3.05, 3.63) is 48.6 Å². The van der Waals surface area contributed by atoms with Crippen molar-refractivity contribution in [3.63, 3.8) is 0 Å². The van der Waals surface area contributed by atoms with E-state index in [4.69, 9.17) is 0 Å². The Morgan fingerprint density at radius 3 is 2.36 bits per heavy atom. The molecule has 1 unspecified atom stereocenters. The molecule has 1 aromatic rings. The second kappa shape index (κ2) is 4.66. The highest BCUT2D eigenvalue weighted by atomic mass is 79.9. The summed E-state index contributed by atoms with van der Waals surface area (Å²) < 4.78 is 29.4. The zero-order chi connectivity index (χ0) is 10.6. The molecular weight excluding hydrogens is 254 g/mol. The zero-order valence-corrected chi connectivity index (χ0v) is 8.88. The fourth-order valence-corrected chi connectivity index (χ4v) is 1.24. The Balaban J connectivity index is 2.78. The summed E-state index contributed by atoms with van der Waals surface area (Å²) in [5.74, 6) is 0. The largest absolute Gasteiger partial charge is 0.415 e. The molecule has 0 spiro atoms. The Kier molecular flexibility index (Phi) is 3.77. The van der Waals surface area contributed by atoms with Gasteiger partial charge in [-0.25, -0.2) is 0 Å². The van der Waals surface area contributed by atoms with Gasteiger partial charge in [0.05, 0.1) is 0 Å². The van der Waals surface area contributed by atoms with Crippen molar-refractivity contribution in [3.8, 4) is 0 Å². The van der Waals surface area contributed by atoms with Crippen molar-refractivity contribution in [1.29, 1.82) is 0 Å². The van der Waals surface area contributed by atoms with E-state index in [0.717, 1.165) is 0 Å². The van der Waals surface area contributed by atoms with E-state index in [1.54, 1.807) is 30.3 Å². The van der Waals surface area contributed by atoms with Gasteiger partial charge in [-0.15, -0.1) is 6.58 Å². The summed E-state index contributed by atoms with van der Waals surface area (Å²) in [4.78, 5) is 0. The number of alkyl halides is 3. The summed E-state index contributed by atoms with van der Waals surface area (Å²) in [5, 5.41) is -3.33. The van der Waals surface area contributed by atoms with Crippen LogP contribution < -0.4 is 0 Å². The molecule has 0 aliphatic rings. The first-order valence-corrected chi connectivity index (χ1v) is 4.74. The summed E-state index contributed by atoms with van der Waals surface area (Å²) in [5.41, 5.74) is 0.640. The van der Waals surface area contributed by atoms with Gasteiger partial charge in [-0.1, -0.05) is 36.4 Å². The van der Waals surface area contributed by atoms with Gasteiger partial charge in [-0.2, -0.15) is 8.78 Å². The summed E-state index contributed by atoms with van der Waals surface area (Å²) in [6.07, 6.45) is 0.510. The third-order valence-corrected chi connectivity index (χ3v) is 1.79. The van der Waals surface area contributed by atoms with Crippen molar-refractivity contribution in [2.75, 3.05) is 0 Å². The first-order chi connectivity index (χ1) is 6.53. The molecule has 0 amide bonds. The molecule has 1 atom stereocenters. The molecule has 1 aromatic carbocycles. The average molecular weight is 263 g/mol. The monoisotopic (exact) mass is 262 g/mol. The van der Waals surface area contributed by atoms with Gasteiger partial charge >= 0.3 is 5.02 Å². The Morgan fingerprint density at radius 1 is 1.36 bits per heavy atom. The van der Waals surface area contributed by atoms with E-state index in [-0.39, 0.29) is 0 Å². The van der Waals surface area contributed by atoms with Crippen LogP contribution in [0.4, 0.5) is 8.78 Å². The van der Waals surface area contributed by atoms with Gasteiger partial charge in [-0.05, 0) is 5.56 Å². The van der Waals surface area contributed by atoms with Gasteiger partial charge in [0.2, 0.25) is 0 Å². The zero-order valence-electron chi connectivity index (χ0n) is 7.29. The first-order valence-electron chi connectivity index (χ1n) is 3.95. The Hall–Kier alpha value is -0.740. The number of rotatable bonds is 4. The third-order valence-electron chi connectivity index (χ3n) is 1.60. The maximum atomic E-state index is 12.5. The van der Waals surface area contributed by atoms with Crippen LogP contribution in [-0.2, 0) is 4.74 Å². The molecule has 0 fully saturated rings. The van der Waals surface area contributed by atoms with E-state index >= 15 is 0 Å². The van der Waals surface area contributed by atoms with Gasteiger partial charge in [0.25, 0.3) is 0 Å². The number of hydrogen-bond acceptors (Lipinski definition) is 1. The molecule has 0 aromatic heterocycles. The molecule has 76 valence electrons. The fraction of sp³-hybridized carbons (Fsp3) is 0.200. The normalized spacial score (nSPS) is 13.6. The average Bonchev–Trinajstić information content (AvgIpc) is 2.14. The minimum Gasteiger partial charge on any atom is -0.299 e. The predicted molar refractivity (Wildman–Crippen MR) is 54.3 cm³/mol. The van der Waals surface area contributed by atoms with E-state index in [2.05, 4.69) is 27.2 Å². The van der Waals surface area contributed by atoms with Crippen LogP contribution in [0, 0.1) is 0 Å². The van der Waals surface area contributed by atoms with Crippen LogP contribution in [0.5, 0.6) is 0 Å². The van der Waals surface area contributed by atoms with Crippen LogP contribution in [0.3, 0.4) is 0 Å². The lowest BCUT2D eigenvalue weighted by Crippen LogP contribution is -2.14. The Labute approximate surface area is 89.5 Å². The predicted octanol–water partition coefficient (Wildman–Crippen LogP) is 3.88. The van der Waals surface area contributed by atoms with Crippen molar-refractivity contribution >= 4 is 15.9 Å². The minimum absolute atomic E-state index is 0.640. The molecule has 14 heavy (non-hydrogen) atoms. The van der Waals surface area contributed by atoms with Crippen LogP contribution in [0.2, 0.25) is 0 Å². The van der Waals surface area contributed by atoms with Crippen LogP contribution in [0.15, 0.2) is 43.0 Å². The highest BCUT2D eigenvalue weighted by molar-refractivity contribution is 9.09. The van der Waals surface area contributed by atoms with E-state index in [1.807, 2.05) is 0 Å². The van der Waals surface area contributed by atoms with Crippen LogP contribution in [-0.4, -0.2) is 5.02 Å². The topological polar surface area (TPSA) is 9.23 Å². The number of ether oxygens (including phenoxy) is 1. The molecule has 0 saturated heterocycles. The molecule has 0 N–H and O–H groups in total. The lowest BCUT2D eigenvalue weighted by molar-refractivity contribution is -0.177. The smallest absolute Gasteiger partial charge is 0.299 e. The molecule has 0 radical (unpaired) electrons. The van der Waals surface area contributed by atoms with Gasteiger partial charge < -0.3 is 0 Å². The third kappa shape index (κ3) is 3.55. The van der Waals surface area contributed by atoms with Gasteiger partial charge in [0, 0.05) is 15.9 Å². The van der Waals surface area contributed by atoms with Crippen LogP contribution >= 0.6 is 15.9 Å². The molecular formula is C10H9BrF2O. The quantitative estimate of drug-likeness (QED) is 0.591. The van der Waals surface area contributed by atoms with Gasteiger partial charge in [0.15, 0.2) is 0 Å². The van der Waals surface area contributed by atoms with Crippen LogP contribution in [0.25, 0.3) is 0 Å². The molecule has 0 bridgehead atoms.